The van der Waals surface area contributed by atoms with Gasteiger partial charge in [-0.15, -0.1) is 0 Å². The Bertz CT molecular complexity index is 318. The molecule has 0 aromatic rings. The average Bonchev–Trinajstić information content (AvgIpc) is 2.37. The van der Waals surface area contributed by atoms with E-state index in [1.165, 1.54) is 0 Å². The average molecular weight is 300 g/mol. The van der Waals surface area contributed by atoms with E-state index in [4.69, 9.17) is 4.74 Å². The summed E-state index contributed by atoms with van der Waals surface area (Å²) in [6.45, 7) is 12.8. The first-order chi connectivity index (χ1) is 9.69. The maximum atomic E-state index is 12.0. The van der Waals surface area contributed by atoms with Gasteiger partial charge in [-0.1, -0.05) is 13.8 Å². The minimum absolute atomic E-state index is 0.205. The van der Waals surface area contributed by atoms with Crippen LogP contribution in [0.5, 0.6) is 0 Å². The van der Waals surface area contributed by atoms with Crippen molar-refractivity contribution >= 4 is 6.09 Å². The first-order valence-corrected chi connectivity index (χ1v) is 8.05. The van der Waals surface area contributed by atoms with E-state index in [9.17, 15) is 9.90 Å². The summed E-state index contributed by atoms with van der Waals surface area (Å²) in [6.07, 6.45) is 1.49. The van der Waals surface area contributed by atoms with Gasteiger partial charge in [0.15, 0.2) is 0 Å². The predicted octanol–water partition coefficient (Wildman–Crippen LogP) is 2.24. The van der Waals surface area contributed by atoms with Gasteiger partial charge in [-0.2, -0.15) is 0 Å². The number of piperidine rings is 1. The number of amides is 1. The van der Waals surface area contributed by atoms with E-state index < -0.39 is 5.60 Å². The molecule has 1 aliphatic heterocycles. The van der Waals surface area contributed by atoms with Gasteiger partial charge in [0.2, 0.25) is 0 Å². The third-order valence-electron chi connectivity index (χ3n) is 3.82. The molecule has 1 amide bonds. The Balaban J connectivity index is 2.22. The lowest BCUT2D eigenvalue weighted by atomic mass is 9.97. The van der Waals surface area contributed by atoms with Crippen molar-refractivity contribution in [1.82, 2.24) is 10.2 Å². The lowest BCUT2D eigenvalue weighted by Gasteiger charge is -2.33. The normalized spacial score (nSPS) is 18.9. The fraction of sp³-hybridized carbons (Fsp3) is 0.938. The molecule has 1 rings (SSSR count). The highest BCUT2D eigenvalue weighted by Gasteiger charge is 2.26. The van der Waals surface area contributed by atoms with Crippen molar-refractivity contribution in [3.63, 3.8) is 0 Å². The molecule has 1 aliphatic rings. The van der Waals surface area contributed by atoms with E-state index in [2.05, 4.69) is 5.32 Å². The second kappa shape index (κ2) is 7.99. The van der Waals surface area contributed by atoms with Crippen LogP contribution in [0.15, 0.2) is 0 Å². The summed E-state index contributed by atoms with van der Waals surface area (Å²) in [7, 11) is 0. The van der Waals surface area contributed by atoms with Crippen molar-refractivity contribution in [2.75, 3.05) is 26.2 Å². The molecule has 0 aromatic carbocycles. The zero-order valence-electron chi connectivity index (χ0n) is 14.2. The Kier molecular flexibility index (Phi) is 6.94. The van der Waals surface area contributed by atoms with Crippen LogP contribution in [0, 0.1) is 11.8 Å². The Morgan fingerprint density at radius 3 is 2.38 bits per heavy atom. The van der Waals surface area contributed by atoms with Gasteiger partial charge in [0, 0.05) is 19.6 Å². The molecule has 0 saturated carbocycles. The first-order valence-electron chi connectivity index (χ1n) is 8.05. The van der Waals surface area contributed by atoms with E-state index in [1.54, 1.807) is 4.90 Å². The number of carbonyl (C=O) groups is 1. The van der Waals surface area contributed by atoms with Crippen molar-refractivity contribution in [3.8, 4) is 0 Å². The van der Waals surface area contributed by atoms with Crippen LogP contribution in [0.1, 0.15) is 47.5 Å². The van der Waals surface area contributed by atoms with E-state index in [1.807, 2.05) is 34.6 Å². The number of aliphatic hydroxyl groups excluding tert-OH is 1. The molecule has 1 saturated heterocycles. The summed E-state index contributed by atoms with van der Waals surface area (Å²) in [6, 6.07) is 0. The topological polar surface area (TPSA) is 61.8 Å². The number of nitrogens with one attached hydrogen (secondary N) is 1. The summed E-state index contributed by atoms with van der Waals surface area (Å²) < 4.78 is 5.39. The highest BCUT2D eigenvalue weighted by molar-refractivity contribution is 5.68. The smallest absolute Gasteiger partial charge is 0.410 e. The largest absolute Gasteiger partial charge is 0.444 e. The predicted molar refractivity (Wildman–Crippen MR) is 84.2 cm³/mol. The molecular weight excluding hydrogens is 268 g/mol. The Hall–Kier alpha value is -0.810. The van der Waals surface area contributed by atoms with Crippen molar-refractivity contribution in [1.29, 1.82) is 0 Å². The van der Waals surface area contributed by atoms with Crippen molar-refractivity contribution in [2.45, 2.75) is 59.2 Å². The molecule has 1 atom stereocenters. The van der Waals surface area contributed by atoms with Gasteiger partial charge >= 0.3 is 6.09 Å². The summed E-state index contributed by atoms with van der Waals surface area (Å²) in [5.41, 5.74) is -0.428. The first kappa shape index (κ1) is 18.2. The highest BCUT2D eigenvalue weighted by atomic mass is 16.6. The fourth-order valence-corrected chi connectivity index (χ4v) is 2.32. The van der Waals surface area contributed by atoms with E-state index in [0.717, 1.165) is 32.5 Å². The molecule has 1 unspecified atom stereocenters. The molecule has 0 radical (unpaired) electrons. The number of rotatable bonds is 5. The summed E-state index contributed by atoms with van der Waals surface area (Å²) in [4.78, 5) is 13.8. The van der Waals surface area contributed by atoms with Crippen LogP contribution in [-0.4, -0.2) is 54.0 Å². The molecule has 1 fully saturated rings. The van der Waals surface area contributed by atoms with Crippen LogP contribution in [0.4, 0.5) is 4.79 Å². The van der Waals surface area contributed by atoms with Crippen LogP contribution in [0.3, 0.4) is 0 Å². The van der Waals surface area contributed by atoms with Gasteiger partial charge in [0.1, 0.15) is 5.60 Å². The second-order valence-corrected chi connectivity index (χ2v) is 7.38. The molecule has 0 aromatic heterocycles. The lowest BCUT2D eigenvalue weighted by molar-refractivity contribution is 0.0183. The Morgan fingerprint density at radius 2 is 1.90 bits per heavy atom. The zero-order chi connectivity index (χ0) is 16.0. The molecule has 0 spiro atoms. The summed E-state index contributed by atoms with van der Waals surface area (Å²) >= 11 is 0. The minimum atomic E-state index is -0.428. The van der Waals surface area contributed by atoms with Gasteiger partial charge in [-0.25, -0.2) is 4.79 Å². The van der Waals surface area contributed by atoms with Crippen LogP contribution in [-0.2, 0) is 4.74 Å². The molecule has 1 heterocycles. The summed E-state index contributed by atoms with van der Waals surface area (Å²) in [5, 5.41) is 13.1. The zero-order valence-corrected chi connectivity index (χ0v) is 14.2. The maximum absolute atomic E-state index is 12.0. The third kappa shape index (κ3) is 7.14. The fourth-order valence-electron chi connectivity index (χ4n) is 2.32. The molecule has 21 heavy (non-hydrogen) atoms. The maximum Gasteiger partial charge on any atom is 0.410 e. The number of carbonyl (C=O) groups excluding carboxylic acids is 1. The molecular formula is C16H32N2O3. The van der Waals surface area contributed by atoms with E-state index in [0.29, 0.717) is 12.5 Å². The van der Waals surface area contributed by atoms with Gasteiger partial charge in [-0.05, 0) is 52.0 Å². The summed E-state index contributed by atoms with van der Waals surface area (Å²) in [5.74, 6) is 0.856. The number of hydrogen-bond acceptors (Lipinski definition) is 4. The quantitative estimate of drug-likeness (QED) is 0.817. The molecule has 5 nitrogen and oxygen atoms in total. The van der Waals surface area contributed by atoms with Crippen molar-refractivity contribution in [3.05, 3.63) is 0 Å². The Labute approximate surface area is 129 Å². The van der Waals surface area contributed by atoms with E-state index in [-0.39, 0.29) is 18.1 Å². The number of aliphatic hydroxyl groups is 1. The minimum Gasteiger partial charge on any atom is -0.444 e. The number of ether oxygens (including phenoxy) is 1. The van der Waals surface area contributed by atoms with Gasteiger partial charge in [0.05, 0.1) is 6.10 Å². The molecule has 0 bridgehead atoms. The molecule has 5 heteroatoms. The number of hydrogen-bond donors (Lipinski definition) is 2. The van der Waals surface area contributed by atoms with E-state index >= 15 is 0 Å². The van der Waals surface area contributed by atoms with Crippen LogP contribution >= 0.6 is 0 Å². The lowest BCUT2D eigenvalue weighted by Crippen LogP contribution is -2.43. The second-order valence-electron chi connectivity index (χ2n) is 7.38. The Morgan fingerprint density at radius 1 is 1.33 bits per heavy atom. The van der Waals surface area contributed by atoms with Crippen LogP contribution < -0.4 is 5.32 Å². The highest BCUT2D eigenvalue weighted by Crippen LogP contribution is 2.19. The molecule has 2 N–H and O–H groups in total. The van der Waals surface area contributed by atoms with Gasteiger partial charge in [-0.3, -0.25) is 0 Å². The van der Waals surface area contributed by atoms with Crippen LogP contribution in [0.25, 0.3) is 0 Å². The van der Waals surface area contributed by atoms with Crippen molar-refractivity contribution in [2.24, 2.45) is 11.8 Å². The number of nitrogens with zero attached hydrogens (tertiary/aromatic N) is 1. The molecule has 0 aliphatic carbocycles. The monoisotopic (exact) mass is 300 g/mol. The van der Waals surface area contributed by atoms with Crippen LogP contribution in [0.2, 0.25) is 0 Å². The van der Waals surface area contributed by atoms with Crippen molar-refractivity contribution < 1.29 is 14.6 Å². The number of likely N-dealkylation sites (tertiary alicyclic amines) is 1. The van der Waals surface area contributed by atoms with Gasteiger partial charge in [0.25, 0.3) is 0 Å². The SMILES string of the molecule is CC(C)C(O)CNCC1CCN(C(=O)OC(C)(C)C)CC1. The molecule has 124 valence electrons. The van der Waals surface area contributed by atoms with Gasteiger partial charge < -0.3 is 20.1 Å². The standard InChI is InChI=1S/C16H32N2O3/c1-12(2)14(19)11-17-10-13-6-8-18(9-7-13)15(20)21-16(3,4)5/h12-14,17,19H,6-11H2,1-5H3. The third-order valence-corrected chi connectivity index (χ3v) is 3.82.